The molecule has 0 fully saturated rings. The van der Waals surface area contributed by atoms with Gasteiger partial charge >= 0.3 is 0 Å². The van der Waals surface area contributed by atoms with Crippen LogP contribution in [-0.2, 0) is 6.54 Å². The largest absolute Gasteiger partial charge is 0.347 e. The molecule has 3 N–H and O–H groups in total. The van der Waals surface area contributed by atoms with Gasteiger partial charge in [-0.05, 0) is 34.8 Å². The minimum atomic E-state index is -0.0435. The number of nitrogens with two attached hydrogens (primary N) is 1. The molecule has 1 rings (SSSR count). The van der Waals surface area contributed by atoms with Crippen molar-refractivity contribution in [2.24, 2.45) is 5.73 Å². The summed E-state index contributed by atoms with van der Waals surface area (Å²) in [4.78, 5) is 12.2. The Kier molecular flexibility index (Phi) is 6.43. The van der Waals surface area contributed by atoms with Crippen LogP contribution in [0.4, 0.5) is 0 Å². The van der Waals surface area contributed by atoms with Crippen LogP contribution in [0.15, 0.2) is 16.7 Å². The van der Waals surface area contributed by atoms with E-state index in [1.165, 1.54) is 0 Å². The summed E-state index contributed by atoms with van der Waals surface area (Å²) >= 11 is 3.41. The van der Waals surface area contributed by atoms with Crippen LogP contribution in [0.1, 0.15) is 43.6 Å². The molecule has 1 unspecified atom stereocenters. The summed E-state index contributed by atoms with van der Waals surface area (Å²) in [7, 11) is 0. The number of nitrogens with zero attached hydrogens (tertiary/aromatic N) is 1. The molecule has 102 valence electrons. The first-order valence-corrected chi connectivity index (χ1v) is 7.28. The van der Waals surface area contributed by atoms with E-state index in [0.717, 1.165) is 30.3 Å². The fraction of sp³-hybridized carbons (Fsp3) is 0.615. The molecule has 0 saturated heterocycles. The molecule has 0 aliphatic carbocycles. The second-order valence-electron chi connectivity index (χ2n) is 4.43. The Labute approximate surface area is 117 Å². The summed E-state index contributed by atoms with van der Waals surface area (Å²) in [5.74, 6) is -0.0435. The maximum atomic E-state index is 12.2. The summed E-state index contributed by atoms with van der Waals surface area (Å²) in [6.07, 6.45) is 4.87. The van der Waals surface area contributed by atoms with E-state index in [9.17, 15) is 4.79 Å². The summed E-state index contributed by atoms with van der Waals surface area (Å²) in [5.41, 5.74) is 6.35. The van der Waals surface area contributed by atoms with E-state index in [2.05, 4.69) is 35.1 Å². The number of amides is 1. The van der Waals surface area contributed by atoms with Gasteiger partial charge < -0.3 is 15.6 Å². The number of hydrogen-bond donors (Lipinski definition) is 2. The van der Waals surface area contributed by atoms with Crippen molar-refractivity contribution >= 4 is 21.8 Å². The van der Waals surface area contributed by atoms with Gasteiger partial charge in [-0.3, -0.25) is 4.79 Å². The zero-order valence-corrected chi connectivity index (χ0v) is 12.7. The molecule has 1 atom stereocenters. The zero-order valence-electron chi connectivity index (χ0n) is 11.1. The predicted octanol–water partition coefficient (Wildman–Crippen LogP) is 2.52. The third kappa shape index (κ3) is 4.14. The van der Waals surface area contributed by atoms with Crippen molar-refractivity contribution in [3.8, 4) is 0 Å². The average Bonchev–Trinajstić information content (AvgIpc) is 2.70. The Bertz CT molecular complexity index is 390. The number of aryl methyl sites for hydroxylation is 1. The van der Waals surface area contributed by atoms with Gasteiger partial charge in [0.2, 0.25) is 0 Å². The van der Waals surface area contributed by atoms with E-state index < -0.39 is 0 Å². The lowest BCUT2D eigenvalue weighted by atomic mass is 10.1. The minimum absolute atomic E-state index is 0.0435. The molecule has 1 heterocycles. The third-order valence-corrected chi connectivity index (χ3v) is 3.25. The van der Waals surface area contributed by atoms with Gasteiger partial charge in [0, 0.05) is 29.8 Å². The molecule has 0 bridgehead atoms. The molecule has 0 aromatic carbocycles. The van der Waals surface area contributed by atoms with Crippen molar-refractivity contribution in [2.75, 3.05) is 6.54 Å². The van der Waals surface area contributed by atoms with Crippen LogP contribution in [0, 0.1) is 0 Å². The first-order valence-electron chi connectivity index (χ1n) is 6.48. The molecule has 4 nitrogen and oxygen atoms in total. The SMILES string of the molecule is CCCC(CN)NC(=O)c1cc(Br)cn1CCC. The molecule has 5 heteroatoms. The van der Waals surface area contributed by atoms with Gasteiger partial charge in [-0.1, -0.05) is 20.3 Å². The Morgan fingerprint density at radius 3 is 2.78 bits per heavy atom. The van der Waals surface area contributed by atoms with Crippen LogP contribution in [0.5, 0.6) is 0 Å². The van der Waals surface area contributed by atoms with E-state index in [4.69, 9.17) is 5.73 Å². The third-order valence-electron chi connectivity index (χ3n) is 2.82. The lowest BCUT2D eigenvalue weighted by Gasteiger charge is -2.16. The summed E-state index contributed by atoms with van der Waals surface area (Å²) in [6, 6.07) is 1.91. The number of carbonyl (C=O) groups excluding carboxylic acids is 1. The maximum Gasteiger partial charge on any atom is 0.268 e. The average molecular weight is 316 g/mol. The number of aromatic nitrogens is 1. The van der Waals surface area contributed by atoms with Crippen LogP contribution in [0.25, 0.3) is 0 Å². The Morgan fingerprint density at radius 1 is 1.50 bits per heavy atom. The Balaban J connectivity index is 2.76. The van der Waals surface area contributed by atoms with Crippen molar-refractivity contribution in [3.63, 3.8) is 0 Å². The molecular weight excluding hydrogens is 294 g/mol. The van der Waals surface area contributed by atoms with E-state index in [-0.39, 0.29) is 11.9 Å². The highest BCUT2D eigenvalue weighted by Crippen LogP contribution is 2.15. The minimum Gasteiger partial charge on any atom is -0.347 e. The molecule has 1 amide bonds. The van der Waals surface area contributed by atoms with Gasteiger partial charge in [0.15, 0.2) is 0 Å². The van der Waals surface area contributed by atoms with Crippen molar-refractivity contribution in [1.82, 2.24) is 9.88 Å². The van der Waals surface area contributed by atoms with Gasteiger partial charge in [-0.15, -0.1) is 0 Å². The van der Waals surface area contributed by atoms with Gasteiger partial charge in [0.25, 0.3) is 5.91 Å². The molecule has 0 aliphatic heterocycles. The molecular formula is C13H22BrN3O. The molecule has 0 spiro atoms. The van der Waals surface area contributed by atoms with Gasteiger partial charge in [0.1, 0.15) is 5.69 Å². The quantitative estimate of drug-likeness (QED) is 0.812. The second-order valence-corrected chi connectivity index (χ2v) is 5.35. The highest BCUT2D eigenvalue weighted by molar-refractivity contribution is 9.10. The van der Waals surface area contributed by atoms with Crippen LogP contribution < -0.4 is 11.1 Å². The van der Waals surface area contributed by atoms with Crippen LogP contribution in [0.3, 0.4) is 0 Å². The van der Waals surface area contributed by atoms with E-state index in [1.807, 2.05) is 16.8 Å². The van der Waals surface area contributed by atoms with Crippen LogP contribution in [-0.4, -0.2) is 23.1 Å². The standard InChI is InChI=1S/C13H22BrN3O/c1-3-5-11(8-15)16-13(18)12-7-10(14)9-17(12)6-4-2/h7,9,11H,3-6,8,15H2,1-2H3,(H,16,18). The normalized spacial score (nSPS) is 12.4. The maximum absolute atomic E-state index is 12.2. The summed E-state index contributed by atoms with van der Waals surface area (Å²) < 4.78 is 2.90. The molecule has 0 radical (unpaired) electrons. The fourth-order valence-corrected chi connectivity index (χ4v) is 2.41. The predicted molar refractivity (Wildman–Crippen MR) is 77.6 cm³/mol. The van der Waals surface area contributed by atoms with E-state index in [1.54, 1.807) is 0 Å². The second kappa shape index (κ2) is 7.59. The molecule has 0 saturated carbocycles. The van der Waals surface area contributed by atoms with Crippen molar-refractivity contribution < 1.29 is 4.79 Å². The monoisotopic (exact) mass is 315 g/mol. The van der Waals surface area contributed by atoms with E-state index in [0.29, 0.717) is 12.2 Å². The van der Waals surface area contributed by atoms with Gasteiger partial charge in [-0.25, -0.2) is 0 Å². The molecule has 0 aliphatic rings. The Hall–Kier alpha value is -0.810. The molecule has 1 aromatic heterocycles. The van der Waals surface area contributed by atoms with Crippen LogP contribution in [0.2, 0.25) is 0 Å². The van der Waals surface area contributed by atoms with Crippen molar-refractivity contribution in [3.05, 3.63) is 22.4 Å². The van der Waals surface area contributed by atoms with E-state index >= 15 is 0 Å². The number of carbonyl (C=O) groups is 1. The molecule has 18 heavy (non-hydrogen) atoms. The summed E-state index contributed by atoms with van der Waals surface area (Å²) in [5, 5.41) is 2.99. The number of halogens is 1. The summed E-state index contributed by atoms with van der Waals surface area (Å²) in [6.45, 7) is 5.51. The van der Waals surface area contributed by atoms with Crippen molar-refractivity contribution in [2.45, 2.75) is 45.7 Å². The van der Waals surface area contributed by atoms with Crippen molar-refractivity contribution in [1.29, 1.82) is 0 Å². The zero-order chi connectivity index (χ0) is 13.5. The highest BCUT2D eigenvalue weighted by Gasteiger charge is 2.16. The smallest absolute Gasteiger partial charge is 0.268 e. The first-order chi connectivity index (χ1) is 8.62. The topological polar surface area (TPSA) is 60.0 Å². The van der Waals surface area contributed by atoms with Gasteiger partial charge in [-0.2, -0.15) is 0 Å². The van der Waals surface area contributed by atoms with Gasteiger partial charge in [0.05, 0.1) is 0 Å². The first kappa shape index (κ1) is 15.2. The Morgan fingerprint density at radius 2 is 2.22 bits per heavy atom. The fourth-order valence-electron chi connectivity index (χ4n) is 1.95. The lowest BCUT2D eigenvalue weighted by Crippen LogP contribution is -2.40. The number of nitrogens with one attached hydrogen (secondary N) is 1. The number of rotatable bonds is 7. The number of hydrogen-bond acceptors (Lipinski definition) is 2. The van der Waals surface area contributed by atoms with Crippen LogP contribution >= 0.6 is 15.9 Å². The lowest BCUT2D eigenvalue weighted by molar-refractivity contribution is 0.0926. The highest BCUT2D eigenvalue weighted by atomic mass is 79.9. The molecule has 1 aromatic rings.